The molecule has 2 aliphatic rings. The first-order chi connectivity index (χ1) is 17.4. The molecule has 4 N–H and O–H groups in total. The van der Waals surface area contributed by atoms with Crippen molar-refractivity contribution in [3.8, 4) is 0 Å². The van der Waals surface area contributed by atoms with Crippen LogP contribution in [0.15, 0.2) is 29.0 Å². The van der Waals surface area contributed by atoms with Gasteiger partial charge in [0, 0.05) is 24.0 Å². The van der Waals surface area contributed by atoms with Crippen LogP contribution in [-0.4, -0.2) is 37.3 Å². The summed E-state index contributed by atoms with van der Waals surface area (Å²) < 4.78 is 5.60. The lowest BCUT2D eigenvalue weighted by molar-refractivity contribution is 0.0656. The maximum absolute atomic E-state index is 12.6. The first kappa shape index (κ1) is 30.7. The molecule has 37 heavy (non-hydrogen) atoms. The number of nitrogens with one attached hydrogen (secondary N) is 4. The molecule has 210 valence electrons. The second kappa shape index (κ2) is 13.9. The Morgan fingerprint density at radius 2 is 1.84 bits per heavy atom. The molecule has 8 nitrogen and oxygen atoms in total. The van der Waals surface area contributed by atoms with Crippen molar-refractivity contribution in [2.75, 3.05) is 13.2 Å². The summed E-state index contributed by atoms with van der Waals surface area (Å²) in [5.41, 5.74) is 1.32. The molecule has 0 aromatic carbocycles. The van der Waals surface area contributed by atoms with Crippen LogP contribution in [0.2, 0.25) is 0 Å². The van der Waals surface area contributed by atoms with Gasteiger partial charge in [-0.3, -0.25) is 5.32 Å². The van der Waals surface area contributed by atoms with E-state index in [0.717, 1.165) is 43.7 Å². The number of amides is 3. The van der Waals surface area contributed by atoms with Gasteiger partial charge in [0.25, 0.3) is 0 Å². The maximum atomic E-state index is 12.6. The van der Waals surface area contributed by atoms with Gasteiger partial charge in [0.1, 0.15) is 0 Å². The minimum absolute atomic E-state index is 0.00172. The molecule has 0 aromatic rings. The Hall–Kier alpha value is -2.51. The Morgan fingerprint density at radius 1 is 1.16 bits per heavy atom. The van der Waals surface area contributed by atoms with Crippen LogP contribution in [0.4, 0.5) is 9.59 Å². The molecule has 1 heterocycles. The highest BCUT2D eigenvalue weighted by molar-refractivity contribution is 5.98. The molecule has 1 fully saturated rings. The lowest BCUT2D eigenvalue weighted by Crippen LogP contribution is -2.53. The van der Waals surface area contributed by atoms with Gasteiger partial charge in [0.15, 0.2) is 0 Å². The Labute approximate surface area is 224 Å². The number of nitrogens with zero attached hydrogens (tertiary/aromatic N) is 1. The van der Waals surface area contributed by atoms with E-state index in [4.69, 9.17) is 4.74 Å². The van der Waals surface area contributed by atoms with Crippen molar-refractivity contribution in [1.29, 1.82) is 0 Å². The Bertz CT molecular complexity index is 862. The third-order valence-electron chi connectivity index (χ3n) is 7.78. The van der Waals surface area contributed by atoms with E-state index in [1.165, 1.54) is 19.3 Å². The van der Waals surface area contributed by atoms with Gasteiger partial charge in [-0.25, -0.2) is 14.6 Å². The number of rotatable bonds is 11. The second-order valence-electron chi connectivity index (χ2n) is 12.2. The quantitative estimate of drug-likeness (QED) is 0.261. The zero-order valence-electron chi connectivity index (χ0n) is 24.3. The predicted molar refractivity (Wildman–Crippen MR) is 151 cm³/mol. The number of carbonyl (C=O) groups is 2. The van der Waals surface area contributed by atoms with Crippen molar-refractivity contribution in [2.24, 2.45) is 27.7 Å². The van der Waals surface area contributed by atoms with Crippen LogP contribution in [0, 0.1) is 22.7 Å². The Kier molecular flexibility index (Phi) is 11.5. The summed E-state index contributed by atoms with van der Waals surface area (Å²) in [6.45, 7) is 20.0. The molecule has 2 rings (SSSR count). The molecule has 3 unspecified atom stereocenters. The predicted octanol–water partition coefficient (Wildman–Crippen LogP) is 6.22. The van der Waals surface area contributed by atoms with Crippen LogP contribution in [0.5, 0.6) is 0 Å². The number of guanidine groups is 1. The summed E-state index contributed by atoms with van der Waals surface area (Å²) in [5, 5.41) is 11.8. The van der Waals surface area contributed by atoms with Gasteiger partial charge >= 0.3 is 12.1 Å². The summed E-state index contributed by atoms with van der Waals surface area (Å²) in [6, 6.07) is -0.320. The number of hydrogen-bond acceptors (Lipinski definition) is 5. The maximum Gasteiger partial charge on any atom is 0.407 e. The van der Waals surface area contributed by atoms with Crippen LogP contribution < -0.4 is 21.3 Å². The van der Waals surface area contributed by atoms with Crippen molar-refractivity contribution < 1.29 is 14.3 Å². The number of allylic oxidation sites excluding steroid dienone is 2. The molecule has 1 saturated carbocycles. The molecule has 0 bridgehead atoms. The highest BCUT2D eigenvalue weighted by Gasteiger charge is 2.42. The zero-order chi connectivity index (χ0) is 27.6. The average Bonchev–Trinajstić information content (AvgIpc) is 2.78. The minimum Gasteiger partial charge on any atom is -0.450 e. The van der Waals surface area contributed by atoms with Gasteiger partial charge in [-0.2, -0.15) is 0 Å². The van der Waals surface area contributed by atoms with Crippen molar-refractivity contribution >= 4 is 18.1 Å². The van der Waals surface area contributed by atoms with Crippen LogP contribution in [-0.2, 0) is 4.74 Å². The van der Waals surface area contributed by atoms with E-state index in [0.29, 0.717) is 30.7 Å². The first-order valence-corrected chi connectivity index (χ1v) is 14.1. The largest absolute Gasteiger partial charge is 0.450 e. The van der Waals surface area contributed by atoms with E-state index in [1.807, 2.05) is 13.0 Å². The Morgan fingerprint density at radius 3 is 2.46 bits per heavy atom. The highest BCUT2D eigenvalue weighted by Crippen LogP contribution is 2.45. The molecule has 3 atom stereocenters. The lowest BCUT2D eigenvalue weighted by atomic mass is 9.62. The molecule has 8 heteroatoms. The van der Waals surface area contributed by atoms with Crippen LogP contribution >= 0.6 is 0 Å². The number of hydrogen-bond donors (Lipinski definition) is 4. The summed E-state index contributed by atoms with van der Waals surface area (Å²) in [4.78, 5) is 29.5. The summed E-state index contributed by atoms with van der Waals surface area (Å²) >= 11 is 0. The minimum atomic E-state index is -0.335. The third kappa shape index (κ3) is 10.8. The molecule has 1 aliphatic heterocycles. The van der Waals surface area contributed by atoms with Crippen LogP contribution in [0.1, 0.15) is 99.8 Å². The number of urea groups is 1. The van der Waals surface area contributed by atoms with Crippen LogP contribution in [0.3, 0.4) is 0 Å². The normalized spacial score (nSPS) is 23.9. The van der Waals surface area contributed by atoms with E-state index >= 15 is 0 Å². The Balaban J connectivity index is 1.84. The molecule has 0 aromatic heterocycles. The van der Waals surface area contributed by atoms with Gasteiger partial charge in [0.05, 0.1) is 6.61 Å². The van der Waals surface area contributed by atoms with E-state index in [2.05, 4.69) is 74.4 Å². The monoisotopic (exact) mass is 517 g/mol. The fourth-order valence-corrected chi connectivity index (χ4v) is 6.16. The number of carbonyl (C=O) groups excluding carboxylic acids is 2. The van der Waals surface area contributed by atoms with Crippen LogP contribution in [0.25, 0.3) is 0 Å². The lowest BCUT2D eigenvalue weighted by Gasteiger charge is -2.46. The van der Waals surface area contributed by atoms with Crippen molar-refractivity contribution in [3.05, 3.63) is 24.0 Å². The fourth-order valence-electron chi connectivity index (χ4n) is 6.16. The highest BCUT2D eigenvalue weighted by atomic mass is 16.5. The van der Waals surface area contributed by atoms with Crippen molar-refractivity contribution in [3.63, 3.8) is 0 Å². The molecule has 0 saturated heterocycles. The average molecular weight is 518 g/mol. The molecule has 0 spiro atoms. The van der Waals surface area contributed by atoms with E-state index in [-0.39, 0.29) is 29.0 Å². The van der Waals surface area contributed by atoms with Gasteiger partial charge in [-0.1, -0.05) is 67.4 Å². The molecular formula is C29H51N5O3. The first-order valence-electron chi connectivity index (χ1n) is 14.1. The van der Waals surface area contributed by atoms with E-state index in [9.17, 15) is 9.59 Å². The smallest absolute Gasteiger partial charge is 0.407 e. The second-order valence-corrected chi connectivity index (χ2v) is 12.2. The van der Waals surface area contributed by atoms with Crippen molar-refractivity contribution in [1.82, 2.24) is 21.3 Å². The van der Waals surface area contributed by atoms with Gasteiger partial charge in [0.2, 0.25) is 5.96 Å². The van der Waals surface area contributed by atoms with Gasteiger partial charge < -0.3 is 20.7 Å². The summed E-state index contributed by atoms with van der Waals surface area (Å²) in [6.07, 6.45) is 9.72. The zero-order valence-corrected chi connectivity index (χ0v) is 24.3. The third-order valence-corrected chi connectivity index (χ3v) is 7.78. The molecule has 0 radical (unpaired) electrons. The number of aliphatic imine (C=N–C) groups is 1. The van der Waals surface area contributed by atoms with E-state index < -0.39 is 0 Å². The van der Waals surface area contributed by atoms with Gasteiger partial charge in [-0.15, -0.1) is 0 Å². The van der Waals surface area contributed by atoms with E-state index in [1.54, 1.807) is 0 Å². The summed E-state index contributed by atoms with van der Waals surface area (Å²) in [7, 11) is 0. The molecule has 3 amide bonds. The fraction of sp³-hybridized carbons (Fsp3) is 0.759. The SMILES string of the molecule is C=C1C=C(C)N=C(NC(=O)NCC2(C)CC(NC(=O)OCCC(CC)CC(CC)CC)CC(C)(C)C2)N1. The molecule has 1 aliphatic carbocycles. The van der Waals surface area contributed by atoms with Gasteiger partial charge in [-0.05, 0) is 67.8 Å². The summed E-state index contributed by atoms with van der Waals surface area (Å²) in [5.74, 6) is 1.72. The molecular weight excluding hydrogens is 466 g/mol. The topological polar surface area (TPSA) is 104 Å². The number of ether oxygens (including phenoxy) is 1. The number of alkyl carbamates (subject to hydrolysis) is 1. The standard InChI is InChI=1S/C29H51N5O3/c1-9-22(10-2)15-23(11-3)12-13-37-27(36)33-24-16-28(6,7)18-29(8,17-24)19-30-26(35)34-25-31-20(4)14-21(5)32-25/h14,22-24H,4,9-13,15-19H2,1-3,5-8H3,(H,33,36)(H3,30,31,32,34,35). The van der Waals surface area contributed by atoms with Crippen molar-refractivity contribution in [2.45, 2.75) is 106 Å².